The summed E-state index contributed by atoms with van der Waals surface area (Å²) in [4.78, 5) is 16.9. The maximum absolute atomic E-state index is 12.5. The Hall–Kier alpha value is -2.65. The molecule has 1 amide bonds. The number of hydrogen-bond acceptors (Lipinski definition) is 5. The van der Waals surface area contributed by atoms with Crippen LogP contribution in [0.4, 0.5) is 0 Å². The molecule has 1 aliphatic carbocycles. The Kier molecular flexibility index (Phi) is 6.83. The quantitative estimate of drug-likeness (QED) is 0.571. The van der Waals surface area contributed by atoms with Crippen molar-refractivity contribution in [3.05, 3.63) is 51.5 Å². The van der Waals surface area contributed by atoms with Crippen molar-refractivity contribution < 1.29 is 9.53 Å². The number of hydrogen-bond donors (Lipinski definition) is 1. The lowest BCUT2D eigenvalue weighted by Crippen LogP contribution is -2.41. The summed E-state index contributed by atoms with van der Waals surface area (Å²) in [6.45, 7) is 4.55. The number of rotatable bonds is 6. The SMILES string of the molecule is Cc1nc(COc2ccc(/C=C(\C#N)C(=O)NC3CCCCC3C)cc2)cs1. The number of carbonyl (C=O) groups excluding carboxylic acids is 1. The second-order valence-corrected chi connectivity index (χ2v) is 8.29. The first-order chi connectivity index (χ1) is 13.5. The van der Waals surface area contributed by atoms with Gasteiger partial charge >= 0.3 is 0 Å². The van der Waals surface area contributed by atoms with E-state index in [9.17, 15) is 10.1 Å². The van der Waals surface area contributed by atoms with E-state index in [1.54, 1.807) is 17.4 Å². The number of aromatic nitrogens is 1. The largest absolute Gasteiger partial charge is 0.487 e. The highest BCUT2D eigenvalue weighted by molar-refractivity contribution is 7.09. The van der Waals surface area contributed by atoms with Crippen LogP contribution in [0.15, 0.2) is 35.2 Å². The minimum atomic E-state index is -0.291. The summed E-state index contributed by atoms with van der Waals surface area (Å²) in [5.74, 6) is 0.887. The fraction of sp³-hybridized carbons (Fsp3) is 0.409. The molecule has 0 radical (unpaired) electrons. The van der Waals surface area contributed by atoms with Gasteiger partial charge in [0.1, 0.15) is 24.0 Å². The van der Waals surface area contributed by atoms with Gasteiger partial charge in [0.25, 0.3) is 5.91 Å². The molecule has 1 fully saturated rings. The van der Waals surface area contributed by atoms with Crippen molar-refractivity contribution >= 4 is 23.3 Å². The molecule has 1 aliphatic rings. The number of nitriles is 1. The van der Waals surface area contributed by atoms with Gasteiger partial charge in [-0.25, -0.2) is 4.98 Å². The third-order valence-corrected chi connectivity index (χ3v) is 5.86. The monoisotopic (exact) mass is 395 g/mol. The Labute approximate surface area is 170 Å². The molecule has 2 unspecified atom stereocenters. The molecule has 1 saturated carbocycles. The third-order valence-electron chi connectivity index (χ3n) is 5.04. The second kappa shape index (κ2) is 9.52. The van der Waals surface area contributed by atoms with Gasteiger partial charge in [0.2, 0.25) is 0 Å². The van der Waals surface area contributed by atoms with E-state index in [0.29, 0.717) is 12.5 Å². The summed E-state index contributed by atoms with van der Waals surface area (Å²) in [5.41, 5.74) is 1.83. The average Bonchev–Trinajstić information content (AvgIpc) is 3.12. The lowest BCUT2D eigenvalue weighted by molar-refractivity contribution is -0.118. The number of benzene rings is 1. The molecule has 1 N–H and O–H groups in total. The van der Waals surface area contributed by atoms with Crippen molar-refractivity contribution in [2.24, 2.45) is 5.92 Å². The lowest BCUT2D eigenvalue weighted by Gasteiger charge is -2.29. The Morgan fingerprint density at radius 2 is 2.11 bits per heavy atom. The van der Waals surface area contributed by atoms with Gasteiger partial charge in [-0.1, -0.05) is 31.9 Å². The van der Waals surface area contributed by atoms with Gasteiger partial charge in [0, 0.05) is 11.4 Å². The lowest BCUT2D eigenvalue weighted by atomic mass is 9.86. The molecule has 6 heteroatoms. The molecule has 0 aliphatic heterocycles. The number of nitrogens with zero attached hydrogens (tertiary/aromatic N) is 2. The van der Waals surface area contributed by atoms with Crippen LogP contribution in [-0.2, 0) is 11.4 Å². The number of aryl methyl sites for hydroxylation is 1. The molecule has 1 aromatic heterocycles. The maximum atomic E-state index is 12.5. The molecule has 1 heterocycles. The third kappa shape index (κ3) is 5.43. The highest BCUT2D eigenvalue weighted by atomic mass is 32.1. The molecule has 1 aromatic carbocycles. The van der Waals surface area contributed by atoms with Crippen LogP contribution in [0.3, 0.4) is 0 Å². The molecule has 28 heavy (non-hydrogen) atoms. The van der Waals surface area contributed by atoms with Crippen LogP contribution in [0.5, 0.6) is 5.75 Å². The van der Waals surface area contributed by atoms with Crippen molar-refractivity contribution in [2.75, 3.05) is 0 Å². The predicted molar refractivity (Wildman–Crippen MR) is 111 cm³/mol. The van der Waals surface area contributed by atoms with Gasteiger partial charge in [-0.05, 0) is 49.5 Å². The van der Waals surface area contributed by atoms with Crippen LogP contribution < -0.4 is 10.1 Å². The zero-order valence-electron chi connectivity index (χ0n) is 16.3. The molecule has 0 bridgehead atoms. The maximum Gasteiger partial charge on any atom is 0.262 e. The van der Waals surface area contributed by atoms with Crippen LogP contribution in [0.1, 0.15) is 48.9 Å². The fourth-order valence-corrected chi connectivity index (χ4v) is 3.98. The van der Waals surface area contributed by atoms with Gasteiger partial charge in [-0.15, -0.1) is 11.3 Å². The van der Waals surface area contributed by atoms with Crippen molar-refractivity contribution in [1.82, 2.24) is 10.3 Å². The Morgan fingerprint density at radius 1 is 1.36 bits per heavy atom. The average molecular weight is 396 g/mol. The minimum Gasteiger partial charge on any atom is -0.487 e. The van der Waals surface area contributed by atoms with Gasteiger partial charge < -0.3 is 10.1 Å². The number of ether oxygens (including phenoxy) is 1. The van der Waals surface area contributed by atoms with E-state index in [-0.39, 0.29) is 17.5 Å². The molecule has 5 nitrogen and oxygen atoms in total. The van der Waals surface area contributed by atoms with Crippen LogP contribution >= 0.6 is 11.3 Å². The summed E-state index contributed by atoms with van der Waals surface area (Å²) in [6, 6.07) is 9.54. The predicted octanol–water partition coefficient (Wildman–Crippen LogP) is 4.63. The molecular weight excluding hydrogens is 370 g/mol. The van der Waals surface area contributed by atoms with Gasteiger partial charge in [-0.3, -0.25) is 4.79 Å². The smallest absolute Gasteiger partial charge is 0.262 e. The summed E-state index contributed by atoms with van der Waals surface area (Å²) in [7, 11) is 0. The summed E-state index contributed by atoms with van der Waals surface area (Å²) < 4.78 is 5.73. The first-order valence-corrected chi connectivity index (χ1v) is 10.5. The fourth-order valence-electron chi connectivity index (χ4n) is 3.38. The zero-order chi connectivity index (χ0) is 19.9. The molecule has 3 rings (SSSR count). The molecule has 2 aromatic rings. The normalized spacial score (nSPS) is 19.7. The summed E-state index contributed by atoms with van der Waals surface area (Å²) >= 11 is 1.60. The van der Waals surface area contributed by atoms with Gasteiger partial charge in [0.05, 0.1) is 10.7 Å². The van der Waals surface area contributed by atoms with Crippen LogP contribution in [0, 0.1) is 24.2 Å². The van der Waals surface area contributed by atoms with E-state index in [1.807, 2.05) is 42.6 Å². The summed E-state index contributed by atoms with van der Waals surface area (Å²) in [6.07, 6.45) is 6.07. The number of thiazole rings is 1. The number of nitrogens with one attached hydrogen (secondary N) is 1. The van der Waals surface area contributed by atoms with Crippen molar-refractivity contribution in [3.8, 4) is 11.8 Å². The first kappa shape index (κ1) is 20.1. The zero-order valence-corrected chi connectivity index (χ0v) is 17.1. The standard InChI is InChI=1S/C22H25N3O2S/c1-15-5-3-4-6-21(15)25-22(26)18(12-23)11-17-7-9-20(10-8-17)27-13-19-14-28-16(2)24-19/h7-11,14-15,21H,3-6,13H2,1-2H3,(H,25,26)/b18-11+. The van der Waals surface area contributed by atoms with Crippen LogP contribution in [-0.4, -0.2) is 16.9 Å². The van der Waals surface area contributed by atoms with Crippen molar-refractivity contribution in [2.45, 2.75) is 52.2 Å². The van der Waals surface area contributed by atoms with Crippen LogP contribution in [0.25, 0.3) is 6.08 Å². The molecule has 2 atom stereocenters. The minimum absolute atomic E-state index is 0.129. The van der Waals surface area contributed by atoms with E-state index < -0.39 is 0 Å². The Balaban J connectivity index is 1.60. The number of carbonyl (C=O) groups is 1. The first-order valence-electron chi connectivity index (χ1n) is 9.61. The molecule has 146 valence electrons. The van der Waals surface area contributed by atoms with E-state index in [2.05, 4.69) is 17.2 Å². The molecular formula is C22H25N3O2S. The summed E-state index contributed by atoms with van der Waals surface area (Å²) in [5, 5.41) is 15.4. The van der Waals surface area contributed by atoms with Crippen LogP contribution in [0.2, 0.25) is 0 Å². The van der Waals surface area contributed by atoms with Crippen molar-refractivity contribution in [3.63, 3.8) is 0 Å². The van der Waals surface area contributed by atoms with Gasteiger partial charge in [0.15, 0.2) is 0 Å². The highest BCUT2D eigenvalue weighted by Gasteiger charge is 2.24. The van der Waals surface area contributed by atoms with E-state index in [0.717, 1.165) is 41.3 Å². The topological polar surface area (TPSA) is 75.0 Å². The van der Waals surface area contributed by atoms with Gasteiger partial charge in [-0.2, -0.15) is 5.26 Å². The Bertz CT molecular complexity index is 880. The molecule has 0 spiro atoms. The second-order valence-electron chi connectivity index (χ2n) is 7.23. The number of amides is 1. The molecule has 0 saturated heterocycles. The van der Waals surface area contributed by atoms with E-state index in [1.165, 1.54) is 6.42 Å². The van der Waals surface area contributed by atoms with Crippen molar-refractivity contribution in [1.29, 1.82) is 5.26 Å². The van der Waals surface area contributed by atoms with E-state index in [4.69, 9.17) is 4.74 Å². The highest BCUT2D eigenvalue weighted by Crippen LogP contribution is 2.24. The van der Waals surface area contributed by atoms with E-state index >= 15 is 0 Å². The Morgan fingerprint density at radius 3 is 2.75 bits per heavy atom.